The van der Waals surface area contributed by atoms with Crippen LogP contribution in [0.5, 0.6) is 0 Å². The molecule has 0 saturated carbocycles. The minimum atomic E-state index is -3.98. The molecule has 1 aromatic heterocycles. The second kappa shape index (κ2) is 10.8. The third kappa shape index (κ3) is 5.28. The molecule has 188 valence electrons. The normalized spacial score (nSPS) is 15.4. The lowest BCUT2D eigenvalue weighted by molar-refractivity contribution is -0.133. The minimum Gasteiger partial charge on any atom is -0.330 e. The number of benzene rings is 2. The Labute approximate surface area is 216 Å². The minimum absolute atomic E-state index is 0.00586. The number of fused-ring (bicyclic) bond motifs is 1. The average molecular weight is 524 g/mol. The summed E-state index contributed by atoms with van der Waals surface area (Å²) in [5.74, 6) is -0.511. The summed E-state index contributed by atoms with van der Waals surface area (Å²) in [5.41, 5.74) is 3.71. The smallest absolute Gasteiger partial charge is 0.243 e. The van der Waals surface area contributed by atoms with Crippen LogP contribution in [-0.4, -0.2) is 49.1 Å². The second-order valence-electron chi connectivity index (χ2n) is 8.69. The molecule has 0 saturated heterocycles. The fourth-order valence-corrected chi connectivity index (χ4v) is 6.77. The number of rotatable bonds is 8. The van der Waals surface area contributed by atoms with E-state index in [1.807, 2.05) is 36.6 Å². The predicted octanol–water partition coefficient (Wildman–Crippen LogP) is 4.37. The summed E-state index contributed by atoms with van der Waals surface area (Å²) in [6, 6.07) is 15.7. The highest BCUT2D eigenvalue weighted by Crippen LogP contribution is 2.39. The second-order valence-corrected chi connectivity index (χ2v) is 11.6. The van der Waals surface area contributed by atoms with Crippen LogP contribution in [0.15, 0.2) is 77.5 Å². The van der Waals surface area contributed by atoms with Gasteiger partial charge >= 0.3 is 0 Å². The molecule has 9 heteroatoms. The van der Waals surface area contributed by atoms with Crippen LogP contribution in [0.25, 0.3) is 0 Å². The fraction of sp³-hybridized carbons (Fsp3) is 0.259. The number of aryl methyl sites for hydroxylation is 1. The van der Waals surface area contributed by atoms with Gasteiger partial charge in [-0.15, -0.1) is 17.9 Å². The van der Waals surface area contributed by atoms with Crippen molar-refractivity contribution in [3.8, 4) is 0 Å². The Morgan fingerprint density at radius 3 is 2.53 bits per heavy atom. The highest BCUT2D eigenvalue weighted by Gasteiger charge is 2.35. The molecule has 2 amide bonds. The first-order valence-corrected chi connectivity index (χ1v) is 13.9. The van der Waals surface area contributed by atoms with E-state index in [1.54, 1.807) is 16.2 Å². The molecule has 0 unspecified atom stereocenters. The number of hydrogen-bond donors (Lipinski definition) is 1. The molecule has 1 aliphatic heterocycles. The highest BCUT2D eigenvalue weighted by atomic mass is 32.2. The topological polar surface area (TPSA) is 86.8 Å². The van der Waals surface area contributed by atoms with E-state index >= 15 is 0 Å². The summed E-state index contributed by atoms with van der Waals surface area (Å²) in [6.45, 7) is 7.31. The Morgan fingerprint density at radius 1 is 1.14 bits per heavy atom. The molecule has 1 aliphatic rings. The van der Waals surface area contributed by atoms with Gasteiger partial charge < -0.3 is 10.2 Å². The average Bonchev–Trinajstić information content (AvgIpc) is 3.32. The number of anilines is 1. The summed E-state index contributed by atoms with van der Waals surface area (Å²) >= 11 is 1.69. The van der Waals surface area contributed by atoms with Crippen LogP contribution in [0.2, 0.25) is 0 Å². The maximum atomic E-state index is 13.7. The number of carbonyl (C=O) groups excluding carboxylic acids is 2. The molecular formula is C27H29N3O4S2. The molecule has 2 aromatic carbocycles. The number of amides is 2. The summed E-state index contributed by atoms with van der Waals surface area (Å²) in [7, 11) is -3.98. The number of sulfonamides is 1. The lowest BCUT2D eigenvalue weighted by Gasteiger charge is -2.38. The lowest BCUT2D eigenvalue weighted by Crippen LogP contribution is -2.46. The van der Waals surface area contributed by atoms with Crippen molar-refractivity contribution < 1.29 is 18.0 Å². The number of nitrogens with one attached hydrogen (secondary N) is 1. The molecular weight excluding hydrogens is 494 g/mol. The van der Waals surface area contributed by atoms with Crippen molar-refractivity contribution >= 4 is 38.9 Å². The zero-order valence-corrected chi connectivity index (χ0v) is 21.9. The van der Waals surface area contributed by atoms with Gasteiger partial charge in [0.25, 0.3) is 0 Å². The van der Waals surface area contributed by atoms with Crippen molar-refractivity contribution in [1.29, 1.82) is 0 Å². The third-order valence-electron chi connectivity index (χ3n) is 6.23. The van der Waals surface area contributed by atoms with Gasteiger partial charge in [0.05, 0.1) is 17.5 Å². The van der Waals surface area contributed by atoms with Crippen LogP contribution >= 0.6 is 11.3 Å². The van der Waals surface area contributed by atoms with Gasteiger partial charge in [0.2, 0.25) is 21.8 Å². The van der Waals surface area contributed by atoms with Gasteiger partial charge in [0.1, 0.15) is 0 Å². The van der Waals surface area contributed by atoms with Gasteiger partial charge in [-0.05, 0) is 65.7 Å². The maximum Gasteiger partial charge on any atom is 0.243 e. The molecule has 1 N–H and O–H groups in total. The first kappa shape index (κ1) is 25.8. The van der Waals surface area contributed by atoms with Gasteiger partial charge in [0.15, 0.2) is 0 Å². The van der Waals surface area contributed by atoms with E-state index in [0.717, 1.165) is 27.4 Å². The first-order valence-electron chi connectivity index (χ1n) is 11.6. The Balaban J connectivity index is 1.63. The van der Waals surface area contributed by atoms with Crippen molar-refractivity contribution in [3.63, 3.8) is 0 Å². The Morgan fingerprint density at radius 2 is 1.86 bits per heavy atom. The summed E-state index contributed by atoms with van der Waals surface area (Å²) in [4.78, 5) is 28.1. The van der Waals surface area contributed by atoms with Crippen LogP contribution in [0.4, 0.5) is 5.69 Å². The molecule has 0 bridgehead atoms. The van der Waals surface area contributed by atoms with E-state index in [2.05, 4.69) is 18.0 Å². The molecule has 1 atom stereocenters. The van der Waals surface area contributed by atoms with Gasteiger partial charge in [0, 0.05) is 30.6 Å². The number of thiophene rings is 1. The summed E-state index contributed by atoms with van der Waals surface area (Å²) < 4.78 is 28.1. The van der Waals surface area contributed by atoms with Crippen LogP contribution in [-0.2, 0) is 26.0 Å². The van der Waals surface area contributed by atoms with E-state index in [0.29, 0.717) is 12.2 Å². The lowest BCUT2D eigenvalue weighted by atomic mass is 9.90. The third-order valence-corrected chi connectivity index (χ3v) is 9.05. The molecule has 7 nitrogen and oxygen atoms in total. The molecule has 3 aromatic rings. The van der Waals surface area contributed by atoms with E-state index in [4.69, 9.17) is 0 Å². The van der Waals surface area contributed by atoms with E-state index in [-0.39, 0.29) is 35.8 Å². The van der Waals surface area contributed by atoms with Crippen LogP contribution in [0, 0.1) is 6.92 Å². The number of carbonyl (C=O) groups is 2. The van der Waals surface area contributed by atoms with Gasteiger partial charge in [-0.2, -0.15) is 4.31 Å². The van der Waals surface area contributed by atoms with Crippen molar-refractivity contribution in [2.24, 2.45) is 0 Å². The molecule has 0 fully saturated rings. The van der Waals surface area contributed by atoms with Gasteiger partial charge in [-0.25, -0.2) is 8.42 Å². The highest BCUT2D eigenvalue weighted by molar-refractivity contribution is 7.89. The van der Waals surface area contributed by atoms with Crippen LogP contribution in [0.3, 0.4) is 0 Å². The monoisotopic (exact) mass is 523 g/mol. The Hall–Kier alpha value is -3.27. The van der Waals surface area contributed by atoms with Crippen molar-refractivity contribution in [2.75, 3.05) is 25.0 Å². The zero-order chi connectivity index (χ0) is 25.9. The molecule has 0 radical (unpaired) electrons. The van der Waals surface area contributed by atoms with E-state index in [1.165, 1.54) is 42.1 Å². The largest absolute Gasteiger partial charge is 0.330 e. The molecule has 0 aliphatic carbocycles. The maximum absolute atomic E-state index is 13.7. The number of hydrogen-bond acceptors (Lipinski definition) is 5. The van der Waals surface area contributed by atoms with Crippen molar-refractivity contribution in [1.82, 2.24) is 9.21 Å². The Bertz CT molecular complexity index is 1380. The summed E-state index contributed by atoms with van der Waals surface area (Å²) in [6.07, 6.45) is 2.21. The summed E-state index contributed by atoms with van der Waals surface area (Å²) in [5, 5.41) is 4.67. The molecule has 4 rings (SSSR count). The molecule has 36 heavy (non-hydrogen) atoms. The molecule has 0 spiro atoms. The van der Waals surface area contributed by atoms with E-state index < -0.39 is 10.0 Å². The standard InChI is InChI=1S/C27H29N3O4S2/c1-4-15-29(36(33,34)22-11-9-21(10-12-22)28-20(3)31)18-26(32)30-16-13-25-24(14-17-35-25)27(30)23-8-6-5-7-19(23)2/h4-12,14,17,27H,1,13,15-16,18H2,2-3H3,(H,28,31)/t27-/m1/s1. The molecule has 2 heterocycles. The first-order chi connectivity index (χ1) is 17.2. The van der Waals surface area contributed by atoms with Crippen LogP contribution in [0.1, 0.15) is 34.5 Å². The number of nitrogens with zero attached hydrogens (tertiary/aromatic N) is 2. The van der Waals surface area contributed by atoms with Crippen molar-refractivity contribution in [3.05, 3.63) is 94.2 Å². The van der Waals surface area contributed by atoms with Crippen LogP contribution < -0.4 is 5.32 Å². The van der Waals surface area contributed by atoms with Crippen molar-refractivity contribution in [2.45, 2.75) is 31.2 Å². The zero-order valence-electron chi connectivity index (χ0n) is 20.3. The van der Waals surface area contributed by atoms with E-state index in [9.17, 15) is 18.0 Å². The predicted molar refractivity (Wildman–Crippen MR) is 142 cm³/mol. The van der Waals surface area contributed by atoms with Gasteiger partial charge in [-0.1, -0.05) is 30.3 Å². The fourth-order valence-electron chi connectivity index (χ4n) is 4.51. The van der Waals surface area contributed by atoms with Gasteiger partial charge in [-0.3, -0.25) is 9.59 Å². The quantitative estimate of drug-likeness (QED) is 0.445. The Kier molecular flexibility index (Phi) is 7.73. The SMILES string of the molecule is C=CCN(CC(=O)N1CCc2sccc2[C@H]1c1ccccc1C)S(=O)(=O)c1ccc(NC(C)=O)cc1.